The first-order valence-corrected chi connectivity index (χ1v) is 8.01. The largest absolute Gasteiger partial charge is 0.214 e. The molecule has 2 heteroatoms. The fraction of sp³-hybridized carbons (Fsp3) is 0.0909. The molecule has 0 atom stereocenters. The van der Waals surface area contributed by atoms with Crippen molar-refractivity contribution in [3.63, 3.8) is 0 Å². The van der Waals surface area contributed by atoms with E-state index in [0.29, 0.717) is 5.56 Å². The van der Waals surface area contributed by atoms with Gasteiger partial charge < -0.3 is 0 Å². The van der Waals surface area contributed by atoms with E-state index in [9.17, 15) is 5.26 Å². The molecule has 0 amide bonds. The lowest BCUT2D eigenvalue weighted by atomic mass is 9.97. The van der Waals surface area contributed by atoms with Crippen molar-refractivity contribution in [2.45, 2.75) is 6.92 Å². The Balaban J connectivity index is 2.03. The van der Waals surface area contributed by atoms with Gasteiger partial charge in [0.05, 0.1) is 10.9 Å². The Bertz CT molecular complexity index is 1130. The Hall–Kier alpha value is -3.18. The van der Waals surface area contributed by atoms with Gasteiger partial charge in [-0.25, -0.2) is 0 Å². The molecule has 4 aromatic rings. The van der Waals surface area contributed by atoms with E-state index >= 15 is 0 Å². The van der Waals surface area contributed by atoms with Gasteiger partial charge in [0.25, 0.3) is 0 Å². The third-order valence-electron chi connectivity index (χ3n) is 4.81. The SMILES string of the molecule is Cc1c(-c2ccc3c(C#N)cccc3[n+]2C)ccc2ccccc12. The van der Waals surface area contributed by atoms with Crippen LogP contribution in [0.25, 0.3) is 32.9 Å². The van der Waals surface area contributed by atoms with Crippen molar-refractivity contribution in [2.24, 2.45) is 7.05 Å². The third kappa shape index (κ3) is 2.06. The van der Waals surface area contributed by atoms with Crippen molar-refractivity contribution in [1.82, 2.24) is 0 Å². The summed E-state index contributed by atoms with van der Waals surface area (Å²) in [6.07, 6.45) is 0. The van der Waals surface area contributed by atoms with Crippen LogP contribution in [0.3, 0.4) is 0 Å². The number of hydrogen-bond acceptors (Lipinski definition) is 1. The molecule has 0 aliphatic heterocycles. The standard InChI is InChI=1S/C22H17N2/c1-15-18-8-4-3-6-16(18)10-11-19(15)22-13-12-20-17(14-23)7-5-9-21(20)24(22)2/h3-13H,1-2H3/q+1. The van der Waals surface area contributed by atoms with E-state index in [1.54, 1.807) is 0 Å². The molecule has 2 nitrogen and oxygen atoms in total. The van der Waals surface area contributed by atoms with Gasteiger partial charge in [0.2, 0.25) is 11.2 Å². The second-order valence-corrected chi connectivity index (χ2v) is 6.09. The molecule has 4 rings (SSSR count). The maximum Gasteiger partial charge on any atom is 0.214 e. The minimum absolute atomic E-state index is 0.713. The number of aryl methyl sites for hydroxylation is 2. The van der Waals surface area contributed by atoms with E-state index < -0.39 is 0 Å². The summed E-state index contributed by atoms with van der Waals surface area (Å²) in [6.45, 7) is 2.17. The van der Waals surface area contributed by atoms with Crippen molar-refractivity contribution < 1.29 is 4.57 Å². The first-order valence-electron chi connectivity index (χ1n) is 8.01. The van der Waals surface area contributed by atoms with E-state index in [1.165, 1.54) is 21.9 Å². The quantitative estimate of drug-likeness (QED) is 0.470. The molecule has 1 aromatic heterocycles. The molecular weight excluding hydrogens is 292 g/mol. The van der Waals surface area contributed by atoms with Crippen LogP contribution in [0.2, 0.25) is 0 Å². The highest BCUT2D eigenvalue weighted by Gasteiger charge is 2.18. The first-order chi connectivity index (χ1) is 11.7. The lowest BCUT2D eigenvalue weighted by molar-refractivity contribution is -0.633. The number of aromatic nitrogens is 1. The summed E-state index contributed by atoms with van der Waals surface area (Å²) in [7, 11) is 2.06. The average Bonchev–Trinajstić information content (AvgIpc) is 2.63. The lowest BCUT2D eigenvalue weighted by Gasteiger charge is -2.09. The Morgan fingerprint density at radius 2 is 1.67 bits per heavy atom. The number of nitrogens with zero attached hydrogens (tertiary/aromatic N) is 2. The minimum atomic E-state index is 0.713. The van der Waals surface area contributed by atoms with Gasteiger partial charge in [-0.15, -0.1) is 0 Å². The Morgan fingerprint density at radius 1 is 0.833 bits per heavy atom. The number of fused-ring (bicyclic) bond motifs is 2. The zero-order chi connectivity index (χ0) is 16.7. The predicted molar refractivity (Wildman–Crippen MR) is 97.5 cm³/mol. The molecule has 24 heavy (non-hydrogen) atoms. The monoisotopic (exact) mass is 309 g/mol. The third-order valence-corrected chi connectivity index (χ3v) is 4.81. The average molecular weight is 309 g/mol. The summed E-state index contributed by atoms with van der Waals surface area (Å²) >= 11 is 0. The molecule has 0 fully saturated rings. The van der Waals surface area contributed by atoms with Gasteiger partial charge in [-0.3, -0.25) is 0 Å². The summed E-state index contributed by atoms with van der Waals surface area (Å²) in [6, 6.07) is 25.1. The van der Waals surface area contributed by atoms with Gasteiger partial charge in [-0.1, -0.05) is 36.4 Å². The molecule has 0 unspecified atom stereocenters. The topological polar surface area (TPSA) is 27.7 Å². The zero-order valence-electron chi connectivity index (χ0n) is 13.7. The van der Waals surface area contributed by atoms with Gasteiger partial charge in [0.15, 0.2) is 0 Å². The van der Waals surface area contributed by atoms with E-state index in [-0.39, 0.29) is 0 Å². The van der Waals surface area contributed by atoms with Crippen LogP contribution >= 0.6 is 0 Å². The molecule has 1 heterocycles. The van der Waals surface area contributed by atoms with Crippen LogP contribution in [0.1, 0.15) is 11.1 Å². The van der Waals surface area contributed by atoms with E-state index in [0.717, 1.165) is 16.6 Å². The predicted octanol–water partition coefficient (Wildman–Crippen LogP) is 4.66. The number of nitriles is 1. The van der Waals surface area contributed by atoms with Gasteiger partial charge >= 0.3 is 0 Å². The molecule has 0 N–H and O–H groups in total. The lowest BCUT2D eigenvalue weighted by Crippen LogP contribution is -2.32. The minimum Gasteiger partial charge on any atom is -0.194 e. The van der Waals surface area contributed by atoms with Crippen LogP contribution in [0.4, 0.5) is 0 Å². The Kier molecular flexibility index (Phi) is 3.29. The van der Waals surface area contributed by atoms with Crippen LogP contribution in [0, 0.1) is 18.3 Å². The summed E-state index contributed by atoms with van der Waals surface area (Å²) in [5.74, 6) is 0. The molecule has 3 aromatic carbocycles. The molecule has 0 saturated heterocycles. The van der Waals surface area contributed by atoms with Crippen LogP contribution in [-0.4, -0.2) is 0 Å². The summed E-state index contributed by atoms with van der Waals surface area (Å²) in [4.78, 5) is 0. The number of hydrogen-bond donors (Lipinski definition) is 0. The van der Waals surface area contributed by atoms with E-state index in [4.69, 9.17) is 0 Å². The Labute approximate surface area is 141 Å². The molecule has 0 radical (unpaired) electrons. The van der Waals surface area contributed by atoms with Crippen LogP contribution in [0.15, 0.2) is 66.7 Å². The van der Waals surface area contributed by atoms with Crippen molar-refractivity contribution in [2.75, 3.05) is 0 Å². The van der Waals surface area contributed by atoms with Crippen LogP contribution < -0.4 is 4.57 Å². The molecule has 0 saturated carbocycles. The maximum atomic E-state index is 9.32. The highest BCUT2D eigenvalue weighted by atomic mass is 14.9. The molecule has 0 aliphatic rings. The summed E-state index contributed by atoms with van der Waals surface area (Å²) in [5.41, 5.74) is 5.43. The van der Waals surface area contributed by atoms with Crippen molar-refractivity contribution in [3.05, 3.63) is 77.9 Å². The smallest absolute Gasteiger partial charge is 0.194 e. The van der Waals surface area contributed by atoms with Gasteiger partial charge in [-0.05, 0) is 41.5 Å². The van der Waals surface area contributed by atoms with Crippen molar-refractivity contribution >= 4 is 21.7 Å². The fourth-order valence-corrected chi connectivity index (χ4v) is 3.50. The van der Waals surface area contributed by atoms with E-state index in [2.05, 4.69) is 79.2 Å². The second-order valence-electron chi connectivity index (χ2n) is 6.09. The normalized spacial score (nSPS) is 10.9. The Morgan fingerprint density at radius 3 is 2.50 bits per heavy atom. The molecule has 0 spiro atoms. The highest BCUT2D eigenvalue weighted by molar-refractivity contribution is 5.91. The number of pyridine rings is 1. The fourth-order valence-electron chi connectivity index (χ4n) is 3.50. The van der Waals surface area contributed by atoms with Crippen LogP contribution in [0.5, 0.6) is 0 Å². The van der Waals surface area contributed by atoms with Crippen LogP contribution in [-0.2, 0) is 7.05 Å². The maximum absolute atomic E-state index is 9.32. The van der Waals surface area contributed by atoms with Crippen molar-refractivity contribution in [3.8, 4) is 17.3 Å². The second kappa shape index (κ2) is 5.47. The molecular formula is C22H17N2+. The van der Waals surface area contributed by atoms with Gasteiger partial charge in [-0.2, -0.15) is 9.83 Å². The van der Waals surface area contributed by atoms with Gasteiger partial charge in [0.1, 0.15) is 13.1 Å². The summed E-state index contributed by atoms with van der Waals surface area (Å²) < 4.78 is 2.17. The summed E-state index contributed by atoms with van der Waals surface area (Å²) in [5, 5.41) is 12.8. The highest BCUT2D eigenvalue weighted by Crippen LogP contribution is 2.29. The zero-order valence-corrected chi connectivity index (χ0v) is 13.7. The molecule has 0 aliphatic carbocycles. The number of benzene rings is 3. The van der Waals surface area contributed by atoms with Crippen molar-refractivity contribution in [1.29, 1.82) is 5.26 Å². The molecule has 114 valence electrons. The van der Waals surface area contributed by atoms with Gasteiger partial charge in [0, 0.05) is 17.7 Å². The molecule has 0 bridgehead atoms. The van der Waals surface area contributed by atoms with E-state index in [1.807, 2.05) is 12.1 Å². The first kappa shape index (κ1) is 14.4. The number of rotatable bonds is 1.